The van der Waals surface area contributed by atoms with Crippen LogP contribution in [0.25, 0.3) is 0 Å². The highest BCUT2D eigenvalue weighted by molar-refractivity contribution is 7.45. The standard InChI is InChI=1S/C43H81N2O7P/c1-6-8-10-11-12-13-14-15-16-19-22-25-29-32-40(46)39(38-51-53(48,49)50-37-36-45(3,4)5)44-43(47)35-31-27-24-21-18-17-20-23-26-30-34-42-41(52-42)33-28-9-7-2/h17,20-21,24,26,30,39-42,46H,6-16,18-19,22-23,25,27-29,31-38H2,1-5H3,(H-,44,47,48,49)/b20-17-,24-21-,30-26-/t39-,40+,41?,42?/m0/s1. The van der Waals surface area contributed by atoms with E-state index in [2.05, 4.69) is 55.6 Å². The molecule has 2 N–H and O–H groups in total. The number of nitrogens with zero attached hydrogens (tertiary/aromatic N) is 1. The number of hydrogen-bond donors (Lipinski definition) is 2. The zero-order valence-corrected chi connectivity index (χ0v) is 35.6. The molecule has 3 unspecified atom stereocenters. The number of hydrogen-bond acceptors (Lipinski definition) is 7. The largest absolute Gasteiger partial charge is 0.756 e. The lowest BCUT2D eigenvalue weighted by atomic mass is 10.0. The van der Waals surface area contributed by atoms with Gasteiger partial charge in [0.2, 0.25) is 5.91 Å². The van der Waals surface area contributed by atoms with Gasteiger partial charge in [-0.3, -0.25) is 9.36 Å². The van der Waals surface area contributed by atoms with Crippen molar-refractivity contribution in [3.8, 4) is 0 Å². The van der Waals surface area contributed by atoms with Gasteiger partial charge in [0.15, 0.2) is 0 Å². The van der Waals surface area contributed by atoms with Crippen molar-refractivity contribution in [1.29, 1.82) is 0 Å². The Balaban J connectivity index is 2.35. The van der Waals surface area contributed by atoms with Gasteiger partial charge < -0.3 is 33.6 Å². The number of carbonyl (C=O) groups excluding carboxylic acids is 1. The van der Waals surface area contributed by atoms with Gasteiger partial charge in [-0.05, 0) is 44.9 Å². The summed E-state index contributed by atoms with van der Waals surface area (Å²) in [6, 6.07) is -0.831. The summed E-state index contributed by atoms with van der Waals surface area (Å²) in [4.78, 5) is 25.3. The second-order valence-electron chi connectivity index (χ2n) is 16.1. The fourth-order valence-electron chi connectivity index (χ4n) is 6.24. The third-order valence-electron chi connectivity index (χ3n) is 9.81. The molecule has 0 radical (unpaired) electrons. The lowest BCUT2D eigenvalue weighted by Crippen LogP contribution is -2.46. The van der Waals surface area contributed by atoms with Gasteiger partial charge in [-0.25, -0.2) is 0 Å². The number of aliphatic hydroxyl groups excluding tert-OH is 1. The van der Waals surface area contributed by atoms with Crippen molar-refractivity contribution < 1.29 is 37.6 Å². The highest BCUT2D eigenvalue weighted by Crippen LogP contribution is 2.38. The molecule has 5 atom stereocenters. The van der Waals surface area contributed by atoms with E-state index in [1.165, 1.54) is 89.9 Å². The van der Waals surface area contributed by atoms with Crippen LogP contribution in [0.1, 0.15) is 168 Å². The molecule has 1 rings (SSSR count). The van der Waals surface area contributed by atoms with Crippen molar-refractivity contribution in [2.24, 2.45) is 0 Å². The van der Waals surface area contributed by atoms with Crippen molar-refractivity contribution in [1.82, 2.24) is 5.32 Å². The van der Waals surface area contributed by atoms with Gasteiger partial charge in [0.1, 0.15) is 13.2 Å². The number of phosphoric acid groups is 1. The summed E-state index contributed by atoms with van der Waals surface area (Å²) in [5.41, 5.74) is 0. The van der Waals surface area contributed by atoms with Gasteiger partial charge in [-0.2, -0.15) is 0 Å². The Morgan fingerprint density at radius 2 is 1.32 bits per heavy atom. The molecular weight excluding hydrogens is 687 g/mol. The molecule has 0 bridgehead atoms. The summed E-state index contributed by atoms with van der Waals surface area (Å²) in [5, 5.41) is 13.8. The van der Waals surface area contributed by atoms with Crippen molar-refractivity contribution in [2.45, 2.75) is 192 Å². The first-order valence-corrected chi connectivity index (χ1v) is 22.9. The minimum Gasteiger partial charge on any atom is -0.756 e. The lowest BCUT2D eigenvalue weighted by Gasteiger charge is -2.30. The van der Waals surface area contributed by atoms with Crippen molar-refractivity contribution in [2.75, 3.05) is 40.9 Å². The minimum atomic E-state index is -4.58. The monoisotopic (exact) mass is 769 g/mol. The smallest absolute Gasteiger partial charge is 0.268 e. The maximum Gasteiger partial charge on any atom is 0.268 e. The van der Waals surface area contributed by atoms with Crippen LogP contribution in [0.4, 0.5) is 0 Å². The summed E-state index contributed by atoms with van der Waals surface area (Å²) < 4.78 is 28.9. The third kappa shape index (κ3) is 31.6. The maximum absolute atomic E-state index is 12.8. The van der Waals surface area contributed by atoms with Gasteiger partial charge >= 0.3 is 0 Å². The molecular formula is C43H81N2O7P. The summed E-state index contributed by atoms with van der Waals surface area (Å²) in [7, 11) is 1.26. The number of carbonyl (C=O) groups is 1. The first-order chi connectivity index (χ1) is 25.5. The number of likely N-dealkylation sites (N-methyl/N-ethyl adjacent to an activating group) is 1. The van der Waals surface area contributed by atoms with E-state index in [-0.39, 0.29) is 25.5 Å². The van der Waals surface area contributed by atoms with E-state index in [1.807, 2.05) is 21.1 Å². The number of amides is 1. The Bertz CT molecular complexity index is 1030. The van der Waals surface area contributed by atoms with E-state index in [4.69, 9.17) is 13.8 Å². The second-order valence-corrected chi connectivity index (χ2v) is 17.5. The Hall–Kier alpha value is -1.32. The summed E-state index contributed by atoms with van der Waals surface area (Å²) in [5.74, 6) is -0.223. The van der Waals surface area contributed by atoms with Gasteiger partial charge in [0.25, 0.3) is 7.82 Å². The molecule has 0 aromatic carbocycles. The van der Waals surface area contributed by atoms with E-state index in [1.54, 1.807) is 0 Å². The zero-order valence-electron chi connectivity index (χ0n) is 34.7. The van der Waals surface area contributed by atoms with Crippen LogP contribution < -0.4 is 10.2 Å². The van der Waals surface area contributed by atoms with Crippen LogP contribution in [-0.4, -0.2) is 80.8 Å². The van der Waals surface area contributed by atoms with Crippen LogP contribution in [0.3, 0.4) is 0 Å². The second kappa shape index (κ2) is 31.8. The molecule has 1 aliphatic rings. The fourth-order valence-corrected chi connectivity index (χ4v) is 6.97. The number of epoxide rings is 1. The molecule has 1 aliphatic heterocycles. The molecule has 0 aromatic rings. The molecule has 1 amide bonds. The maximum atomic E-state index is 12.8. The van der Waals surface area contributed by atoms with Crippen LogP contribution in [-0.2, 0) is 23.1 Å². The molecule has 0 saturated carbocycles. The molecule has 9 nitrogen and oxygen atoms in total. The van der Waals surface area contributed by atoms with Crippen LogP contribution in [0.2, 0.25) is 0 Å². The minimum absolute atomic E-state index is 0.000948. The van der Waals surface area contributed by atoms with E-state index in [0.717, 1.165) is 44.9 Å². The first kappa shape index (κ1) is 49.7. The summed E-state index contributed by atoms with van der Waals surface area (Å²) in [6.45, 7) is 4.62. The van der Waals surface area contributed by atoms with Gasteiger partial charge in [-0.15, -0.1) is 0 Å². The van der Waals surface area contributed by atoms with Gasteiger partial charge in [0.05, 0.1) is 52.1 Å². The highest BCUT2D eigenvalue weighted by Gasteiger charge is 2.36. The number of nitrogens with one attached hydrogen (secondary N) is 1. The van der Waals surface area contributed by atoms with Crippen LogP contribution in [0, 0.1) is 0 Å². The SMILES string of the molecule is CCCCCCCCCCCCCCC[C@@H](O)[C@H](COP(=O)([O-])OCC[N+](C)(C)C)NC(=O)CCC/C=C\C/C=C\C/C=C\CC1OC1CCCCC. The Morgan fingerprint density at radius 1 is 0.774 bits per heavy atom. The molecule has 1 fully saturated rings. The number of aliphatic hydroxyl groups is 1. The van der Waals surface area contributed by atoms with Crippen LogP contribution in [0.15, 0.2) is 36.5 Å². The number of rotatable bonds is 37. The molecule has 0 aliphatic carbocycles. The average Bonchev–Trinajstić information content (AvgIpc) is 3.86. The quantitative estimate of drug-likeness (QED) is 0.0212. The third-order valence-corrected chi connectivity index (χ3v) is 10.8. The molecule has 10 heteroatoms. The number of ether oxygens (including phenoxy) is 1. The molecule has 310 valence electrons. The molecule has 1 saturated heterocycles. The number of allylic oxidation sites excluding steroid dienone is 5. The van der Waals surface area contributed by atoms with E-state index in [9.17, 15) is 19.4 Å². The highest BCUT2D eigenvalue weighted by atomic mass is 31.2. The number of unbranched alkanes of at least 4 members (excludes halogenated alkanes) is 15. The molecule has 0 spiro atoms. The van der Waals surface area contributed by atoms with Crippen molar-refractivity contribution >= 4 is 13.7 Å². The number of quaternary nitrogens is 1. The van der Waals surface area contributed by atoms with E-state index >= 15 is 0 Å². The topological polar surface area (TPSA) is 120 Å². The van der Waals surface area contributed by atoms with Crippen LogP contribution in [0.5, 0.6) is 0 Å². The van der Waals surface area contributed by atoms with E-state index in [0.29, 0.717) is 36.1 Å². The van der Waals surface area contributed by atoms with Gasteiger partial charge in [-0.1, -0.05) is 153 Å². The zero-order chi connectivity index (χ0) is 39.0. The average molecular weight is 769 g/mol. The van der Waals surface area contributed by atoms with Crippen molar-refractivity contribution in [3.05, 3.63) is 36.5 Å². The predicted molar refractivity (Wildman–Crippen MR) is 219 cm³/mol. The van der Waals surface area contributed by atoms with E-state index < -0.39 is 20.0 Å². The molecule has 53 heavy (non-hydrogen) atoms. The normalized spacial score (nSPS) is 18.6. The van der Waals surface area contributed by atoms with Crippen molar-refractivity contribution in [3.63, 3.8) is 0 Å². The number of phosphoric ester groups is 1. The summed E-state index contributed by atoms with van der Waals surface area (Å²) >= 11 is 0. The lowest BCUT2D eigenvalue weighted by molar-refractivity contribution is -0.870. The first-order valence-electron chi connectivity index (χ1n) is 21.5. The Morgan fingerprint density at radius 3 is 1.92 bits per heavy atom. The van der Waals surface area contributed by atoms with Crippen LogP contribution >= 0.6 is 7.82 Å². The predicted octanol–water partition coefficient (Wildman–Crippen LogP) is 9.88. The van der Waals surface area contributed by atoms with Gasteiger partial charge in [0, 0.05) is 6.42 Å². The Kier molecular flexibility index (Phi) is 29.9. The Labute approximate surface area is 325 Å². The fraction of sp³-hybridized carbons (Fsp3) is 0.837. The molecule has 0 aromatic heterocycles. The summed E-state index contributed by atoms with van der Waals surface area (Å²) in [6.07, 6.45) is 38.9. The molecule has 1 heterocycles.